The van der Waals surface area contributed by atoms with Gasteiger partial charge in [-0.25, -0.2) is 9.36 Å². The van der Waals surface area contributed by atoms with Gasteiger partial charge in [-0.15, -0.1) is 11.8 Å². The molecule has 7 N–H and O–H groups in total. The minimum atomic E-state index is -4.09. The molecule has 0 radical (unpaired) electrons. The summed E-state index contributed by atoms with van der Waals surface area (Å²) >= 11 is 1.10. The monoisotopic (exact) mass is 784 g/mol. The maximum absolute atomic E-state index is 12.8. The fourth-order valence-electron chi connectivity index (χ4n) is 4.29. The van der Waals surface area contributed by atoms with E-state index in [1.165, 1.54) is 6.92 Å². The van der Waals surface area contributed by atoms with Gasteiger partial charge in [0.1, 0.15) is 12.3 Å². The zero-order chi connectivity index (χ0) is 39.0. The van der Waals surface area contributed by atoms with Crippen LogP contribution in [0.1, 0.15) is 72.6 Å². The number of likely N-dealkylation sites (tertiary alicyclic amines) is 1. The third kappa shape index (κ3) is 23.1. The van der Waals surface area contributed by atoms with E-state index in [0.717, 1.165) is 35.9 Å². The molecule has 0 spiro atoms. The molecule has 3 atom stereocenters. The number of imide groups is 1. The van der Waals surface area contributed by atoms with Crippen LogP contribution < -0.4 is 27.0 Å². The molecule has 0 aromatic rings. The first kappa shape index (κ1) is 47.3. The number of Topliss-reactive ketones (excluding diaryl/α,β-unsaturated/α-hetero) is 1. The van der Waals surface area contributed by atoms with Crippen molar-refractivity contribution in [2.45, 2.75) is 89.5 Å². The number of hydrogen-bond acceptors (Lipinski definition) is 15. The summed E-state index contributed by atoms with van der Waals surface area (Å²) in [6, 6.07) is -0.888. The molecule has 0 bridgehead atoms. The number of ether oxygens (including phenoxy) is 3. The number of phosphoric ester groups is 1. The maximum Gasteiger partial charge on any atom is 0.473 e. The Morgan fingerprint density at radius 2 is 1.60 bits per heavy atom. The van der Waals surface area contributed by atoms with E-state index in [0.29, 0.717) is 13.0 Å². The standard InChI is InChI=1S/C31H57N6O13PS/c1-23(38)24(36-30(43)50-31(2,3)4)20-52-25-19-28(41)37(29(25)42)13-9-26(39)35-12-16-47-18-17-46-15-10-27(40)34-11-7-5-6-8-14-48-51(44,45)49-22-33-21-32/h24-25,33H,5-22,32H2,1-4H3,(H,34,40)(H,35,39)(H,36,43)(H,44,45)/t24-,25?/m1/s1. The summed E-state index contributed by atoms with van der Waals surface area (Å²) in [5.41, 5.74) is 4.45. The zero-order valence-electron chi connectivity index (χ0n) is 30.6. The number of carbonyl (C=O) groups excluding carboxylic acids is 6. The van der Waals surface area contributed by atoms with Crippen LogP contribution in [0.25, 0.3) is 0 Å². The molecule has 1 aliphatic rings. The number of nitrogens with one attached hydrogen (secondary N) is 4. The predicted octanol–water partition coefficient (Wildman–Crippen LogP) is 0.533. The fraction of sp³-hybridized carbons (Fsp3) is 0.806. The summed E-state index contributed by atoms with van der Waals surface area (Å²) in [5, 5.41) is 9.79. The minimum Gasteiger partial charge on any atom is -0.444 e. The number of rotatable bonds is 29. The number of alkyl carbamates (subject to hydrolysis) is 1. The second kappa shape index (κ2) is 26.2. The van der Waals surface area contributed by atoms with Crippen molar-refractivity contribution in [3.63, 3.8) is 0 Å². The molecule has 1 rings (SSSR count). The maximum atomic E-state index is 12.8. The van der Waals surface area contributed by atoms with Crippen LogP contribution in [0.2, 0.25) is 0 Å². The highest BCUT2D eigenvalue weighted by Crippen LogP contribution is 2.42. The van der Waals surface area contributed by atoms with Gasteiger partial charge < -0.3 is 40.8 Å². The Morgan fingerprint density at radius 1 is 0.942 bits per heavy atom. The van der Waals surface area contributed by atoms with Crippen molar-refractivity contribution >= 4 is 55.1 Å². The summed E-state index contributed by atoms with van der Waals surface area (Å²) in [4.78, 5) is 84.0. The number of carbonyl (C=O) groups is 6. The molecule has 1 saturated heterocycles. The number of unbranched alkanes of at least 4 members (excludes halogenated alkanes) is 3. The number of amides is 5. The Kier molecular flexibility index (Phi) is 23.8. The van der Waals surface area contributed by atoms with Gasteiger partial charge in [-0.1, -0.05) is 12.8 Å². The van der Waals surface area contributed by atoms with Gasteiger partial charge in [0.25, 0.3) is 0 Å². The summed E-state index contributed by atoms with van der Waals surface area (Å²) in [7, 11) is -4.09. The lowest BCUT2D eigenvalue weighted by Gasteiger charge is -2.23. The van der Waals surface area contributed by atoms with Gasteiger partial charge in [-0.3, -0.25) is 43.2 Å². The van der Waals surface area contributed by atoms with Crippen molar-refractivity contribution in [1.29, 1.82) is 0 Å². The third-order valence-corrected chi connectivity index (χ3v) is 9.21. The molecule has 0 saturated carbocycles. The number of nitrogens with zero attached hydrogens (tertiary/aromatic N) is 1. The highest BCUT2D eigenvalue weighted by Gasteiger charge is 2.39. The molecule has 5 amide bonds. The first-order chi connectivity index (χ1) is 24.5. The van der Waals surface area contributed by atoms with Gasteiger partial charge in [0.15, 0.2) is 5.78 Å². The molecule has 1 aliphatic heterocycles. The van der Waals surface area contributed by atoms with E-state index in [1.54, 1.807) is 20.8 Å². The molecule has 0 aromatic heterocycles. The predicted molar refractivity (Wildman–Crippen MR) is 191 cm³/mol. The van der Waals surface area contributed by atoms with E-state index >= 15 is 0 Å². The molecule has 0 aromatic carbocycles. The topological polar surface area (TPSA) is 263 Å². The Morgan fingerprint density at radius 3 is 2.27 bits per heavy atom. The lowest BCUT2D eigenvalue weighted by molar-refractivity contribution is -0.138. The normalized spacial score (nSPS) is 16.3. The molecule has 19 nitrogen and oxygen atoms in total. The van der Waals surface area contributed by atoms with Crippen LogP contribution in [-0.4, -0.2) is 134 Å². The highest BCUT2D eigenvalue weighted by atomic mass is 32.2. The molecule has 52 heavy (non-hydrogen) atoms. The summed E-state index contributed by atoms with van der Waals surface area (Å²) < 4.78 is 37.1. The SMILES string of the molecule is CC(=O)[C@@H](CSC1CC(=O)N(CCC(=O)NCCOCCOCCC(=O)NCCCCCCOP(=O)(O)OCNCN)C1=O)NC(=O)OC(C)(C)C. The quantitative estimate of drug-likeness (QED) is 0.0262. The van der Waals surface area contributed by atoms with E-state index in [1.807, 2.05) is 0 Å². The van der Waals surface area contributed by atoms with Crippen LogP contribution in [0, 0.1) is 0 Å². The minimum absolute atomic E-state index is 0.0631. The van der Waals surface area contributed by atoms with E-state index in [-0.39, 0.29) is 102 Å². The van der Waals surface area contributed by atoms with Crippen LogP contribution in [0.4, 0.5) is 4.79 Å². The number of thioether (sulfide) groups is 1. The van der Waals surface area contributed by atoms with Crippen LogP contribution in [0.5, 0.6) is 0 Å². The lowest BCUT2D eigenvalue weighted by Crippen LogP contribution is -2.44. The van der Waals surface area contributed by atoms with Crippen LogP contribution in [-0.2, 0) is 51.8 Å². The Hall–Kier alpha value is -2.68. The van der Waals surface area contributed by atoms with Crippen LogP contribution in [0.15, 0.2) is 0 Å². The molecule has 1 heterocycles. The second-order valence-electron chi connectivity index (χ2n) is 12.6. The van der Waals surface area contributed by atoms with Gasteiger partial charge >= 0.3 is 13.9 Å². The van der Waals surface area contributed by atoms with Crippen molar-refractivity contribution in [3.8, 4) is 0 Å². The van der Waals surface area contributed by atoms with Gasteiger partial charge in [0.2, 0.25) is 23.6 Å². The van der Waals surface area contributed by atoms with Crippen LogP contribution >= 0.6 is 19.6 Å². The zero-order valence-corrected chi connectivity index (χ0v) is 32.3. The number of hydrogen-bond donors (Lipinski definition) is 6. The molecule has 21 heteroatoms. The van der Waals surface area contributed by atoms with Gasteiger partial charge in [-0.2, -0.15) is 0 Å². The van der Waals surface area contributed by atoms with Gasteiger partial charge in [0, 0.05) is 51.3 Å². The van der Waals surface area contributed by atoms with Crippen LogP contribution in [0.3, 0.4) is 0 Å². The summed E-state index contributed by atoms with van der Waals surface area (Å²) in [6.45, 7) is 8.02. The number of phosphoric acid groups is 1. The molecule has 1 fully saturated rings. The molecular formula is C31H57N6O13PS. The van der Waals surface area contributed by atoms with Crippen molar-refractivity contribution < 1.29 is 61.5 Å². The first-order valence-corrected chi connectivity index (χ1v) is 19.8. The smallest absolute Gasteiger partial charge is 0.444 e. The molecule has 2 unspecified atom stereocenters. The number of nitrogens with two attached hydrogens (primary N) is 1. The average molecular weight is 785 g/mol. The average Bonchev–Trinajstić information content (AvgIpc) is 3.32. The van der Waals surface area contributed by atoms with E-state index in [9.17, 15) is 38.2 Å². The molecule has 300 valence electrons. The molecular weight excluding hydrogens is 727 g/mol. The Bertz CT molecular complexity index is 1190. The van der Waals surface area contributed by atoms with E-state index in [4.69, 9.17) is 24.5 Å². The second-order valence-corrected chi connectivity index (χ2v) is 15.3. The van der Waals surface area contributed by atoms with Crippen molar-refractivity contribution in [2.24, 2.45) is 5.73 Å². The largest absolute Gasteiger partial charge is 0.473 e. The van der Waals surface area contributed by atoms with Gasteiger partial charge in [-0.05, 0) is 40.5 Å². The van der Waals surface area contributed by atoms with Crippen molar-refractivity contribution in [2.75, 3.05) is 71.8 Å². The van der Waals surface area contributed by atoms with Gasteiger partial charge in [0.05, 0.1) is 44.3 Å². The first-order valence-electron chi connectivity index (χ1n) is 17.2. The van der Waals surface area contributed by atoms with Crippen molar-refractivity contribution in [3.05, 3.63) is 0 Å². The molecule has 0 aliphatic carbocycles. The van der Waals surface area contributed by atoms with E-state index < -0.39 is 42.6 Å². The van der Waals surface area contributed by atoms with Crippen molar-refractivity contribution in [1.82, 2.24) is 26.2 Å². The Balaban J connectivity index is 2.07. The third-order valence-electron chi connectivity index (χ3n) is 6.95. The number of ketones is 1. The highest BCUT2D eigenvalue weighted by molar-refractivity contribution is 8.00. The lowest BCUT2D eigenvalue weighted by atomic mass is 10.2. The van der Waals surface area contributed by atoms with E-state index in [2.05, 4.69) is 25.8 Å². The fourth-order valence-corrected chi connectivity index (χ4v) is 6.25. The Labute approximate surface area is 309 Å². The summed E-state index contributed by atoms with van der Waals surface area (Å²) in [6.07, 6.45) is 2.19. The summed E-state index contributed by atoms with van der Waals surface area (Å²) in [5.74, 6) is -1.58.